The molecule has 1 N–H and O–H groups in total. The Morgan fingerprint density at radius 1 is 1.13 bits per heavy atom. The van der Waals surface area contributed by atoms with Gasteiger partial charge in [-0.1, -0.05) is 5.16 Å². The lowest BCUT2D eigenvalue weighted by Crippen LogP contribution is -2.40. The van der Waals surface area contributed by atoms with E-state index in [1.54, 1.807) is 26.0 Å². The molecule has 1 heterocycles. The Labute approximate surface area is 187 Å². The summed E-state index contributed by atoms with van der Waals surface area (Å²) in [6.07, 6.45) is 1.54. The Morgan fingerprint density at radius 3 is 2.23 bits per heavy atom. The zero-order valence-corrected chi connectivity index (χ0v) is 18.4. The zero-order valence-electron chi connectivity index (χ0n) is 17.6. The van der Waals surface area contributed by atoms with E-state index in [4.69, 9.17) is 4.84 Å². The predicted octanol–water partition coefficient (Wildman–Crippen LogP) is 4.57. The Kier molecular flexibility index (Phi) is 8.95. The van der Waals surface area contributed by atoms with Crippen molar-refractivity contribution < 1.29 is 23.5 Å². The quantitative estimate of drug-likeness (QED) is 0.380. The topological polar surface area (TPSA) is 62.1 Å². The van der Waals surface area contributed by atoms with Gasteiger partial charge in [-0.3, -0.25) is 9.69 Å². The molecular formula is C23H27ClF2N2O3. The van der Waals surface area contributed by atoms with E-state index in [2.05, 4.69) is 10.1 Å². The number of benzene rings is 2. The first kappa shape index (κ1) is 24.8. The first-order valence-electron chi connectivity index (χ1n) is 10.0. The van der Waals surface area contributed by atoms with Crippen molar-refractivity contribution in [2.24, 2.45) is 11.1 Å². The average Bonchev–Trinajstić information content (AvgIpc) is 2.70. The highest BCUT2D eigenvalue weighted by Crippen LogP contribution is 2.21. The first-order valence-corrected chi connectivity index (χ1v) is 10.0. The summed E-state index contributed by atoms with van der Waals surface area (Å²) in [5.41, 5.74) is 3.31. The van der Waals surface area contributed by atoms with E-state index in [1.165, 1.54) is 24.3 Å². The first-order chi connectivity index (χ1) is 14.3. The lowest BCUT2D eigenvalue weighted by Gasteiger charge is -2.30. The highest BCUT2D eigenvalue weighted by atomic mass is 35.5. The van der Waals surface area contributed by atoms with E-state index in [0.717, 1.165) is 13.0 Å². The standard InChI is InChI=1S/C23H26F2N2O3.ClH/c1-15-12-18(24)5-7-20(15)22(21-8-6-19(25)13-16(21)2)26-30-11-10-27-9-3-4-17(14-27)23(28)29;/h5-8,12-13,17H,3-4,9-11,14H2,1-2H3,(H,28,29);1H. The molecule has 1 aliphatic heterocycles. The molecule has 31 heavy (non-hydrogen) atoms. The third-order valence-corrected chi connectivity index (χ3v) is 5.40. The molecule has 0 aliphatic carbocycles. The fourth-order valence-electron chi connectivity index (χ4n) is 3.77. The normalized spacial score (nSPS) is 16.3. The molecule has 1 unspecified atom stereocenters. The van der Waals surface area contributed by atoms with Gasteiger partial charge in [0.1, 0.15) is 24.0 Å². The highest BCUT2D eigenvalue weighted by Gasteiger charge is 2.25. The number of likely N-dealkylation sites (tertiary alicyclic amines) is 1. The van der Waals surface area contributed by atoms with Gasteiger partial charge in [-0.15, -0.1) is 12.4 Å². The minimum atomic E-state index is -0.764. The smallest absolute Gasteiger partial charge is 0.307 e. The predicted molar refractivity (Wildman–Crippen MR) is 118 cm³/mol. The van der Waals surface area contributed by atoms with E-state index >= 15 is 0 Å². The van der Waals surface area contributed by atoms with Crippen LogP contribution in [0.5, 0.6) is 0 Å². The van der Waals surface area contributed by atoms with Gasteiger partial charge in [0.25, 0.3) is 0 Å². The molecule has 0 aromatic heterocycles. The lowest BCUT2D eigenvalue weighted by molar-refractivity contribution is -0.143. The maximum absolute atomic E-state index is 13.6. The number of aryl methyl sites for hydroxylation is 2. The van der Waals surface area contributed by atoms with Crippen molar-refractivity contribution in [2.45, 2.75) is 26.7 Å². The van der Waals surface area contributed by atoms with Crippen molar-refractivity contribution in [1.29, 1.82) is 0 Å². The molecule has 2 aromatic carbocycles. The molecule has 1 aliphatic rings. The summed E-state index contributed by atoms with van der Waals surface area (Å²) < 4.78 is 27.2. The van der Waals surface area contributed by atoms with Gasteiger partial charge in [0.2, 0.25) is 0 Å². The zero-order chi connectivity index (χ0) is 21.7. The molecule has 2 aromatic rings. The minimum absolute atomic E-state index is 0. The molecule has 5 nitrogen and oxygen atoms in total. The van der Waals surface area contributed by atoms with Crippen LogP contribution in [-0.4, -0.2) is 47.9 Å². The number of carbonyl (C=O) groups is 1. The van der Waals surface area contributed by atoms with Gasteiger partial charge in [-0.2, -0.15) is 0 Å². The summed E-state index contributed by atoms with van der Waals surface area (Å²) in [6.45, 7) is 5.75. The molecule has 0 amide bonds. The second kappa shape index (κ2) is 11.2. The van der Waals surface area contributed by atoms with Crippen LogP contribution < -0.4 is 0 Å². The van der Waals surface area contributed by atoms with Gasteiger partial charge in [-0.25, -0.2) is 8.78 Å². The van der Waals surface area contributed by atoms with Crippen LogP contribution in [0, 0.1) is 31.4 Å². The molecule has 1 fully saturated rings. The summed E-state index contributed by atoms with van der Waals surface area (Å²) in [5, 5.41) is 13.5. The molecule has 8 heteroatoms. The molecule has 0 saturated carbocycles. The van der Waals surface area contributed by atoms with Gasteiger partial charge in [0, 0.05) is 24.2 Å². The van der Waals surface area contributed by atoms with Crippen molar-refractivity contribution >= 4 is 24.1 Å². The minimum Gasteiger partial charge on any atom is -0.481 e. The van der Waals surface area contributed by atoms with Gasteiger partial charge in [-0.05, 0) is 80.8 Å². The molecule has 0 spiro atoms. The number of hydrogen-bond acceptors (Lipinski definition) is 4. The number of hydrogen-bond donors (Lipinski definition) is 1. The number of aliphatic carboxylic acids is 1. The van der Waals surface area contributed by atoms with E-state index in [1.807, 2.05) is 0 Å². The van der Waals surface area contributed by atoms with Gasteiger partial charge < -0.3 is 9.94 Å². The van der Waals surface area contributed by atoms with Crippen molar-refractivity contribution in [1.82, 2.24) is 4.90 Å². The number of carboxylic acid groups (broad SMARTS) is 1. The summed E-state index contributed by atoms with van der Waals surface area (Å²) in [4.78, 5) is 18.9. The van der Waals surface area contributed by atoms with Crippen LogP contribution >= 0.6 is 12.4 Å². The molecule has 3 rings (SSSR count). The second-order valence-electron chi connectivity index (χ2n) is 7.67. The molecule has 168 valence electrons. The fourth-order valence-corrected chi connectivity index (χ4v) is 3.77. The van der Waals surface area contributed by atoms with Crippen LogP contribution in [0.25, 0.3) is 0 Å². The van der Waals surface area contributed by atoms with Crippen LogP contribution in [0.4, 0.5) is 8.78 Å². The molecule has 0 radical (unpaired) electrons. The van der Waals surface area contributed by atoms with Gasteiger partial charge >= 0.3 is 5.97 Å². The molecule has 0 bridgehead atoms. The van der Waals surface area contributed by atoms with Crippen LogP contribution in [0.2, 0.25) is 0 Å². The van der Waals surface area contributed by atoms with E-state index in [-0.39, 0.29) is 36.6 Å². The average molecular weight is 453 g/mol. The highest BCUT2D eigenvalue weighted by molar-refractivity contribution is 6.14. The van der Waals surface area contributed by atoms with Crippen LogP contribution in [0.1, 0.15) is 35.1 Å². The maximum Gasteiger partial charge on any atom is 0.307 e. The number of carboxylic acids is 1. The largest absolute Gasteiger partial charge is 0.481 e. The van der Waals surface area contributed by atoms with Crippen molar-refractivity contribution in [3.8, 4) is 0 Å². The Bertz CT molecular complexity index is 899. The Balaban J connectivity index is 0.00000341. The number of oxime groups is 1. The van der Waals surface area contributed by atoms with Gasteiger partial charge in [0.15, 0.2) is 0 Å². The molecular weight excluding hydrogens is 426 g/mol. The third-order valence-electron chi connectivity index (χ3n) is 5.40. The SMILES string of the molecule is Cc1cc(F)ccc1C(=NOCCN1CCCC(C(=O)O)C1)c1ccc(F)cc1C.Cl. The Morgan fingerprint density at radius 2 is 1.71 bits per heavy atom. The van der Waals surface area contributed by atoms with E-state index in [9.17, 15) is 18.7 Å². The van der Waals surface area contributed by atoms with Crippen LogP contribution in [0.3, 0.4) is 0 Å². The Hall–Kier alpha value is -2.51. The molecule has 1 saturated heterocycles. The summed E-state index contributed by atoms with van der Waals surface area (Å²) in [5.74, 6) is -1.79. The molecule has 1 atom stereocenters. The van der Waals surface area contributed by atoms with E-state index in [0.29, 0.717) is 47.5 Å². The monoisotopic (exact) mass is 452 g/mol. The summed E-state index contributed by atoms with van der Waals surface area (Å²) in [6, 6.07) is 8.83. The number of piperidine rings is 1. The number of halogens is 3. The van der Waals surface area contributed by atoms with E-state index < -0.39 is 5.97 Å². The van der Waals surface area contributed by atoms with Crippen LogP contribution in [0.15, 0.2) is 41.6 Å². The fraction of sp³-hybridized carbons (Fsp3) is 0.391. The summed E-state index contributed by atoms with van der Waals surface area (Å²) >= 11 is 0. The van der Waals surface area contributed by atoms with Crippen LogP contribution in [-0.2, 0) is 9.63 Å². The number of nitrogens with zero attached hydrogens (tertiary/aromatic N) is 2. The maximum atomic E-state index is 13.6. The van der Waals surface area contributed by atoms with Gasteiger partial charge in [0.05, 0.1) is 5.92 Å². The third kappa shape index (κ3) is 6.48. The van der Waals surface area contributed by atoms with Crippen molar-refractivity contribution in [3.05, 3.63) is 70.3 Å². The summed E-state index contributed by atoms with van der Waals surface area (Å²) in [7, 11) is 0. The number of rotatable bonds is 7. The van der Waals surface area contributed by atoms with Crippen molar-refractivity contribution in [2.75, 3.05) is 26.2 Å². The lowest BCUT2D eigenvalue weighted by atomic mass is 9.95. The second-order valence-corrected chi connectivity index (χ2v) is 7.67. The van der Waals surface area contributed by atoms with Crippen molar-refractivity contribution in [3.63, 3.8) is 0 Å².